The Labute approximate surface area is 132 Å². The molecule has 2 rings (SSSR count). The standard InChI is InChI=1S/C17H24ClN3/c1-6-19-16(14-8-7-12(4)13(5)9-14)17-15(18)10-20-21(17)11(2)3/h7-11,16,19H,6H2,1-5H3. The van der Waals surface area contributed by atoms with Crippen LogP contribution in [0.2, 0.25) is 5.02 Å². The van der Waals surface area contributed by atoms with Gasteiger partial charge in [-0.25, -0.2) is 0 Å². The molecule has 1 unspecified atom stereocenters. The Morgan fingerprint density at radius 3 is 2.52 bits per heavy atom. The van der Waals surface area contributed by atoms with Gasteiger partial charge in [0.05, 0.1) is 23.0 Å². The van der Waals surface area contributed by atoms with Crippen molar-refractivity contribution in [3.05, 3.63) is 51.8 Å². The van der Waals surface area contributed by atoms with Crippen LogP contribution in [0.1, 0.15) is 55.2 Å². The summed E-state index contributed by atoms with van der Waals surface area (Å²) in [6.07, 6.45) is 1.74. The number of aromatic nitrogens is 2. The predicted octanol–water partition coefficient (Wildman–Crippen LogP) is 4.43. The van der Waals surface area contributed by atoms with Gasteiger partial charge < -0.3 is 5.32 Å². The Hall–Kier alpha value is -1.32. The lowest BCUT2D eigenvalue weighted by atomic mass is 9.98. The lowest BCUT2D eigenvalue weighted by Gasteiger charge is -2.23. The summed E-state index contributed by atoms with van der Waals surface area (Å²) in [6.45, 7) is 11.5. The van der Waals surface area contributed by atoms with Crippen molar-refractivity contribution in [3.63, 3.8) is 0 Å². The van der Waals surface area contributed by atoms with E-state index in [-0.39, 0.29) is 12.1 Å². The number of nitrogens with one attached hydrogen (secondary N) is 1. The van der Waals surface area contributed by atoms with Gasteiger partial charge in [-0.1, -0.05) is 36.7 Å². The summed E-state index contributed by atoms with van der Waals surface area (Å²) < 4.78 is 2.00. The number of benzene rings is 1. The molecule has 1 N–H and O–H groups in total. The number of halogens is 1. The Balaban J connectivity index is 2.53. The van der Waals surface area contributed by atoms with Crippen molar-refractivity contribution < 1.29 is 0 Å². The molecule has 0 amide bonds. The van der Waals surface area contributed by atoms with Crippen LogP contribution in [0.25, 0.3) is 0 Å². The average Bonchev–Trinajstić information content (AvgIpc) is 2.81. The van der Waals surface area contributed by atoms with E-state index in [4.69, 9.17) is 11.6 Å². The van der Waals surface area contributed by atoms with Crippen LogP contribution in [-0.2, 0) is 0 Å². The normalized spacial score (nSPS) is 12.9. The first kappa shape index (κ1) is 16.1. The molecule has 0 spiro atoms. The Morgan fingerprint density at radius 2 is 1.95 bits per heavy atom. The van der Waals surface area contributed by atoms with Gasteiger partial charge in [0.15, 0.2) is 0 Å². The van der Waals surface area contributed by atoms with Crippen LogP contribution in [0.5, 0.6) is 0 Å². The molecule has 0 aliphatic heterocycles. The molecule has 1 aromatic carbocycles. The molecule has 4 heteroatoms. The highest BCUT2D eigenvalue weighted by molar-refractivity contribution is 6.31. The quantitative estimate of drug-likeness (QED) is 0.885. The zero-order chi connectivity index (χ0) is 15.6. The minimum atomic E-state index is 0.0618. The van der Waals surface area contributed by atoms with Crippen LogP contribution in [0, 0.1) is 13.8 Å². The lowest BCUT2D eigenvalue weighted by molar-refractivity contribution is 0.476. The van der Waals surface area contributed by atoms with Gasteiger partial charge in [-0.15, -0.1) is 0 Å². The maximum absolute atomic E-state index is 6.42. The van der Waals surface area contributed by atoms with E-state index in [9.17, 15) is 0 Å². The topological polar surface area (TPSA) is 29.9 Å². The summed E-state index contributed by atoms with van der Waals surface area (Å²) in [5.41, 5.74) is 4.86. The van der Waals surface area contributed by atoms with Crippen molar-refractivity contribution in [2.24, 2.45) is 0 Å². The van der Waals surface area contributed by atoms with Gasteiger partial charge in [0.1, 0.15) is 0 Å². The number of aryl methyl sites for hydroxylation is 2. The van der Waals surface area contributed by atoms with Gasteiger partial charge in [-0.05, 0) is 50.9 Å². The van der Waals surface area contributed by atoms with Gasteiger partial charge in [0.25, 0.3) is 0 Å². The van der Waals surface area contributed by atoms with Gasteiger partial charge in [-0.3, -0.25) is 4.68 Å². The van der Waals surface area contributed by atoms with E-state index in [1.54, 1.807) is 6.20 Å². The smallest absolute Gasteiger partial charge is 0.0837 e. The molecular formula is C17H24ClN3. The van der Waals surface area contributed by atoms with Crippen LogP contribution in [0.15, 0.2) is 24.4 Å². The van der Waals surface area contributed by atoms with Crippen LogP contribution in [0.4, 0.5) is 0 Å². The van der Waals surface area contributed by atoms with E-state index < -0.39 is 0 Å². The third kappa shape index (κ3) is 3.30. The Kier molecular flexibility index (Phi) is 5.07. The number of rotatable bonds is 5. The van der Waals surface area contributed by atoms with E-state index in [0.29, 0.717) is 5.02 Å². The largest absolute Gasteiger partial charge is 0.305 e. The van der Waals surface area contributed by atoms with Crippen LogP contribution in [-0.4, -0.2) is 16.3 Å². The van der Waals surface area contributed by atoms with E-state index in [2.05, 4.69) is 63.2 Å². The summed E-state index contributed by atoms with van der Waals surface area (Å²) in [7, 11) is 0. The van der Waals surface area contributed by atoms with Crippen molar-refractivity contribution in [2.45, 2.75) is 46.7 Å². The minimum Gasteiger partial charge on any atom is -0.305 e. The molecule has 0 radical (unpaired) electrons. The molecule has 3 nitrogen and oxygen atoms in total. The SMILES string of the molecule is CCNC(c1ccc(C)c(C)c1)c1c(Cl)cnn1C(C)C. The predicted molar refractivity (Wildman–Crippen MR) is 89.1 cm³/mol. The third-order valence-electron chi connectivity index (χ3n) is 3.82. The monoisotopic (exact) mass is 305 g/mol. The van der Waals surface area contributed by atoms with Crippen molar-refractivity contribution in [1.29, 1.82) is 0 Å². The van der Waals surface area contributed by atoms with Gasteiger partial charge >= 0.3 is 0 Å². The molecule has 2 aromatic rings. The Morgan fingerprint density at radius 1 is 1.24 bits per heavy atom. The molecule has 1 heterocycles. The first-order chi connectivity index (χ1) is 9.95. The molecule has 0 bridgehead atoms. The summed E-state index contributed by atoms with van der Waals surface area (Å²) in [4.78, 5) is 0. The molecule has 0 aliphatic rings. The van der Waals surface area contributed by atoms with E-state index in [1.165, 1.54) is 16.7 Å². The van der Waals surface area contributed by atoms with Gasteiger partial charge in [0.2, 0.25) is 0 Å². The summed E-state index contributed by atoms with van der Waals surface area (Å²) in [5.74, 6) is 0. The highest BCUT2D eigenvalue weighted by Gasteiger charge is 2.22. The summed E-state index contributed by atoms with van der Waals surface area (Å²) in [5, 5.41) is 8.68. The van der Waals surface area contributed by atoms with Gasteiger partial charge in [0, 0.05) is 6.04 Å². The number of hydrogen-bond donors (Lipinski definition) is 1. The molecular weight excluding hydrogens is 282 g/mol. The number of nitrogens with zero attached hydrogens (tertiary/aromatic N) is 2. The molecule has 0 fully saturated rings. The highest BCUT2D eigenvalue weighted by atomic mass is 35.5. The summed E-state index contributed by atoms with van der Waals surface area (Å²) in [6, 6.07) is 6.91. The summed E-state index contributed by atoms with van der Waals surface area (Å²) >= 11 is 6.42. The molecule has 0 aliphatic carbocycles. The molecule has 114 valence electrons. The van der Waals surface area contributed by atoms with Crippen molar-refractivity contribution >= 4 is 11.6 Å². The first-order valence-electron chi connectivity index (χ1n) is 7.49. The Bertz CT molecular complexity index is 616. The van der Waals surface area contributed by atoms with Crippen LogP contribution < -0.4 is 5.32 Å². The molecule has 1 atom stereocenters. The lowest BCUT2D eigenvalue weighted by Crippen LogP contribution is -2.26. The first-order valence-corrected chi connectivity index (χ1v) is 7.87. The van der Waals surface area contributed by atoms with Crippen molar-refractivity contribution in [3.8, 4) is 0 Å². The fraction of sp³-hybridized carbons (Fsp3) is 0.471. The molecule has 21 heavy (non-hydrogen) atoms. The van der Waals surface area contributed by atoms with Crippen LogP contribution in [0.3, 0.4) is 0 Å². The van der Waals surface area contributed by atoms with Crippen molar-refractivity contribution in [2.75, 3.05) is 6.54 Å². The second kappa shape index (κ2) is 6.63. The van der Waals surface area contributed by atoms with Gasteiger partial charge in [-0.2, -0.15) is 5.10 Å². The minimum absolute atomic E-state index is 0.0618. The number of hydrogen-bond acceptors (Lipinski definition) is 2. The van der Waals surface area contributed by atoms with E-state index in [1.807, 2.05) is 4.68 Å². The second-order valence-electron chi connectivity index (χ2n) is 5.75. The average molecular weight is 306 g/mol. The van der Waals surface area contributed by atoms with Crippen LogP contribution >= 0.6 is 11.6 Å². The third-order valence-corrected chi connectivity index (χ3v) is 4.11. The second-order valence-corrected chi connectivity index (χ2v) is 6.16. The maximum Gasteiger partial charge on any atom is 0.0837 e. The highest BCUT2D eigenvalue weighted by Crippen LogP contribution is 2.31. The zero-order valence-electron chi connectivity index (χ0n) is 13.4. The maximum atomic E-state index is 6.42. The fourth-order valence-corrected chi connectivity index (χ4v) is 2.79. The van der Waals surface area contributed by atoms with Crippen molar-refractivity contribution in [1.82, 2.24) is 15.1 Å². The fourth-order valence-electron chi connectivity index (χ4n) is 2.55. The zero-order valence-corrected chi connectivity index (χ0v) is 14.2. The molecule has 0 saturated heterocycles. The van der Waals surface area contributed by atoms with E-state index >= 15 is 0 Å². The van der Waals surface area contributed by atoms with E-state index in [0.717, 1.165) is 12.2 Å². The molecule has 1 aromatic heterocycles. The molecule has 0 saturated carbocycles.